The first kappa shape index (κ1) is 85.0. The molecule has 0 saturated carbocycles. The summed E-state index contributed by atoms with van der Waals surface area (Å²) in [5.41, 5.74) is 0.724. The summed E-state index contributed by atoms with van der Waals surface area (Å²) < 4.78 is 6.07. The number of carbonyl (C=O) groups is 13. The zero-order chi connectivity index (χ0) is 77.0. The Morgan fingerprint density at radius 3 is 1.26 bits per heavy atom. The van der Waals surface area contributed by atoms with Gasteiger partial charge in [-0.2, -0.15) is 0 Å². The zero-order valence-electron chi connectivity index (χ0n) is 65.4. The molecule has 15 atom stereocenters. The third-order valence-corrected chi connectivity index (χ3v) is 21.8. The van der Waals surface area contributed by atoms with Gasteiger partial charge in [-0.25, -0.2) is 0 Å². The number of nitrogens with zero attached hydrogens (tertiary/aromatic N) is 9. The number of rotatable bonds is 12. The minimum absolute atomic E-state index is 0.0497. The van der Waals surface area contributed by atoms with E-state index in [4.69, 9.17) is 4.74 Å². The summed E-state index contributed by atoms with van der Waals surface area (Å²) >= 11 is 0. The van der Waals surface area contributed by atoms with E-state index in [1.807, 2.05) is 51.1 Å². The maximum atomic E-state index is 15.3. The molecule has 26 heteroatoms. The molecular formula is C76H124N12O14. The maximum absolute atomic E-state index is 15.3. The average Bonchev–Trinajstić information content (AvgIpc) is 1.24. The Hall–Kier alpha value is -7.67. The minimum Gasteiger partial charge on any atom is -0.452 e. The van der Waals surface area contributed by atoms with Gasteiger partial charge in [-0.1, -0.05) is 147 Å². The van der Waals surface area contributed by atoms with Crippen LogP contribution >= 0.6 is 0 Å². The summed E-state index contributed by atoms with van der Waals surface area (Å²) in [4.78, 5) is 207. The molecule has 1 aromatic rings. The fraction of sp³-hybridized carbons (Fsp3) is 0.750. The van der Waals surface area contributed by atoms with Crippen molar-refractivity contribution in [1.82, 2.24) is 60.0 Å². The first-order valence-electron chi connectivity index (χ1n) is 37.4. The van der Waals surface area contributed by atoms with Crippen molar-refractivity contribution < 1.29 is 67.1 Å². The molecule has 3 N–H and O–H groups in total. The van der Waals surface area contributed by atoms with Gasteiger partial charge in [0, 0.05) is 74.4 Å². The van der Waals surface area contributed by atoms with Gasteiger partial charge >= 0.3 is 5.97 Å². The van der Waals surface area contributed by atoms with Gasteiger partial charge in [-0.3, -0.25) is 62.3 Å². The molecule has 26 nitrogen and oxygen atoms in total. The monoisotopic (exact) mass is 1430 g/mol. The normalized spacial score (nSPS) is 29.4. The molecule has 5 rings (SSSR count). The second kappa shape index (κ2) is 37.2. The number of hydrogen-bond acceptors (Lipinski definition) is 14. The topological polar surface area (TPSA) is 296 Å². The average molecular weight is 1430 g/mol. The summed E-state index contributed by atoms with van der Waals surface area (Å²) in [7, 11) is 8.86. The molecule has 12 amide bonds. The van der Waals surface area contributed by atoms with Crippen LogP contribution in [0.1, 0.15) is 181 Å². The summed E-state index contributed by atoms with van der Waals surface area (Å²) in [5, 5.41) is 8.91. The second-order valence-corrected chi connectivity index (χ2v) is 31.3. The Labute approximate surface area is 607 Å². The van der Waals surface area contributed by atoms with E-state index in [0.717, 1.165) is 10.5 Å². The van der Waals surface area contributed by atoms with Crippen LogP contribution in [0, 0.1) is 47.3 Å². The quantitative estimate of drug-likeness (QED) is 0.233. The molecule has 0 spiro atoms. The number of hydrogen-bond donors (Lipinski definition) is 3. The summed E-state index contributed by atoms with van der Waals surface area (Å²) in [6.45, 7) is 30.2. The smallest absolute Gasteiger partial charge is 0.311 e. The van der Waals surface area contributed by atoms with Gasteiger partial charge in [0.15, 0.2) is 6.10 Å². The Kier molecular flexibility index (Phi) is 31.0. The van der Waals surface area contributed by atoms with Gasteiger partial charge in [-0.05, 0) is 106 Å². The van der Waals surface area contributed by atoms with Crippen LogP contribution in [0.25, 0.3) is 0 Å². The number of nitrogens with one attached hydrogen (secondary N) is 3. The molecular weight excluding hydrogens is 1300 g/mol. The summed E-state index contributed by atoms with van der Waals surface area (Å²) in [6, 6.07) is -4.14. The maximum Gasteiger partial charge on any atom is 0.311 e. The first-order valence-corrected chi connectivity index (χ1v) is 37.4. The van der Waals surface area contributed by atoms with E-state index in [9.17, 15) is 24.0 Å². The molecule has 0 aromatic heterocycles. The molecule has 4 aliphatic rings. The minimum atomic E-state index is -1.41. The van der Waals surface area contributed by atoms with Crippen LogP contribution < -0.4 is 16.0 Å². The van der Waals surface area contributed by atoms with Crippen molar-refractivity contribution in [3.05, 3.63) is 35.9 Å². The van der Waals surface area contributed by atoms with Gasteiger partial charge in [-0.15, -0.1) is 0 Å². The van der Waals surface area contributed by atoms with Crippen molar-refractivity contribution in [3.63, 3.8) is 0 Å². The lowest BCUT2D eigenvalue weighted by atomic mass is 9.94. The number of benzene rings is 1. The van der Waals surface area contributed by atoms with Crippen molar-refractivity contribution in [3.8, 4) is 0 Å². The lowest BCUT2D eigenvalue weighted by Crippen LogP contribution is -2.63. The predicted octanol–water partition coefficient (Wildman–Crippen LogP) is 4.98. The van der Waals surface area contributed by atoms with Crippen LogP contribution in [0.3, 0.4) is 0 Å². The third-order valence-electron chi connectivity index (χ3n) is 21.8. The fourth-order valence-electron chi connectivity index (χ4n) is 15.3. The van der Waals surface area contributed by atoms with Gasteiger partial charge in [0.05, 0.1) is 5.92 Å². The number of carbonyl (C=O) groups excluding carboxylic acids is 13. The lowest BCUT2D eigenvalue weighted by Gasteiger charge is -2.41. The Bertz CT molecular complexity index is 3140. The molecule has 15 unspecified atom stereocenters. The van der Waals surface area contributed by atoms with Gasteiger partial charge in [0.2, 0.25) is 65.0 Å². The van der Waals surface area contributed by atoms with Crippen LogP contribution in [0.5, 0.6) is 0 Å². The van der Waals surface area contributed by atoms with E-state index in [0.29, 0.717) is 32.1 Å². The third kappa shape index (κ3) is 19.4. The van der Waals surface area contributed by atoms with E-state index < -0.39 is 203 Å². The molecule has 572 valence electrons. The fourth-order valence-corrected chi connectivity index (χ4v) is 15.3. The van der Waals surface area contributed by atoms with E-state index in [1.165, 1.54) is 88.4 Å². The number of likely N-dealkylation sites (N-methyl/N-ethyl adjacent to an activating group) is 6. The molecule has 4 fully saturated rings. The van der Waals surface area contributed by atoms with Crippen LogP contribution in [0.2, 0.25) is 0 Å². The van der Waals surface area contributed by atoms with E-state index in [1.54, 1.807) is 90.0 Å². The number of amides is 12. The summed E-state index contributed by atoms with van der Waals surface area (Å²) in [5.74, 6) is -12.4. The standard InChI is InChI=1S/C76H124N12O14/c1-24-32-52-49(16)76(101)102-63(47(13)14)75(100)80(18)50(17)64(89)78-57(42(3)4)70(95)84(22)60(44(7)8)72(97)85(23)62(46(11)12)74(99)88-40-31-37-55(88)68(93)82(20)59(43(5)6)66(91)79-58(48(15)25-2)71(96)86-38-29-36-54(86)69(94)83(21)61(45(9)10)73(98)87-39-30-35-53(87)67(92)81(19)56(65(90)77-52)41-51-33-27-26-28-34-51/h26-28,33-34,42-50,52-63H,24-25,29-32,35-41H2,1-23H3,(H,77,90)(H,78,89)(H,79,91). The summed E-state index contributed by atoms with van der Waals surface area (Å²) in [6.07, 6.45) is 1.98. The van der Waals surface area contributed by atoms with Crippen molar-refractivity contribution >= 4 is 76.9 Å². The molecule has 4 saturated heterocycles. The number of ether oxygens (including phenoxy) is 1. The highest BCUT2D eigenvalue weighted by Gasteiger charge is 2.50. The van der Waals surface area contributed by atoms with Crippen molar-refractivity contribution in [2.24, 2.45) is 47.3 Å². The van der Waals surface area contributed by atoms with E-state index in [-0.39, 0.29) is 51.7 Å². The number of cyclic esters (lactones) is 1. The lowest BCUT2D eigenvalue weighted by molar-refractivity contribution is -0.168. The van der Waals surface area contributed by atoms with Crippen LogP contribution in [0.15, 0.2) is 30.3 Å². The molecule has 0 bridgehead atoms. The van der Waals surface area contributed by atoms with Crippen LogP contribution in [-0.2, 0) is 73.5 Å². The molecule has 1 aromatic carbocycles. The number of esters is 1. The van der Waals surface area contributed by atoms with Crippen LogP contribution in [-0.4, -0.2) is 261 Å². The van der Waals surface area contributed by atoms with Crippen molar-refractivity contribution in [2.75, 3.05) is 61.9 Å². The predicted molar refractivity (Wildman–Crippen MR) is 388 cm³/mol. The largest absolute Gasteiger partial charge is 0.452 e. The van der Waals surface area contributed by atoms with E-state index >= 15 is 38.4 Å². The van der Waals surface area contributed by atoms with Gasteiger partial charge in [0.1, 0.15) is 66.5 Å². The Morgan fingerprint density at radius 1 is 0.422 bits per heavy atom. The van der Waals surface area contributed by atoms with Crippen molar-refractivity contribution in [2.45, 2.75) is 261 Å². The molecule has 4 aliphatic heterocycles. The highest BCUT2D eigenvalue weighted by molar-refractivity contribution is 6.00. The molecule has 0 radical (unpaired) electrons. The Morgan fingerprint density at radius 2 is 0.833 bits per heavy atom. The molecule has 0 aliphatic carbocycles. The molecule has 4 heterocycles. The van der Waals surface area contributed by atoms with Gasteiger partial charge < -0.3 is 64.8 Å². The highest BCUT2D eigenvalue weighted by atomic mass is 16.5. The second-order valence-electron chi connectivity index (χ2n) is 31.3. The van der Waals surface area contributed by atoms with Crippen molar-refractivity contribution in [1.29, 1.82) is 0 Å². The highest BCUT2D eigenvalue weighted by Crippen LogP contribution is 2.32. The first-order chi connectivity index (χ1) is 47.7. The van der Waals surface area contributed by atoms with Gasteiger partial charge in [0.25, 0.3) is 5.91 Å². The Balaban J connectivity index is 1.61. The number of fused-ring (bicyclic) bond motifs is 3. The molecule has 102 heavy (non-hydrogen) atoms. The SMILES string of the molecule is CCCC1NC(=O)C(Cc2ccccc2)N(C)C(=O)C2CCCN2C(=O)C(C(C)C)N(C)C(=O)C2CCCN2C(=O)C(C(C)CC)NC(=O)C(C(C)C)N(C)C(=O)C2CCCN2C(=O)C(C(C)C)N(C)C(=O)C(C(C)C)N(C)C(=O)C(C(C)C)NC(=O)C(C)N(C)C(=O)C(C(C)C)OC(=O)C1C. The van der Waals surface area contributed by atoms with Crippen LogP contribution in [0.4, 0.5) is 0 Å². The van der Waals surface area contributed by atoms with E-state index in [2.05, 4.69) is 16.0 Å². The zero-order valence-corrected chi connectivity index (χ0v) is 65.4.